The van der Waals surface area contributed by atoms with E-state index in [4.69, 9.17) is 4.98 Å². The quantitative estimate of drug-likeness (QED) is 0.680. The Hall–Kier alpha value is -2.37. The molecular weight excluding hydrogens is 412 g/mol. The molecule has 0 bridgehead atoms. The number of aryl methyl sites for hydroxylation is 1. The topological polar surface area (TPSA) is 58.4 Å². The molecule has 2 heterocycles. The third-order valence-electron chi connectivity index (χ3n) is 8.63. The van der Waals surface area contributed by atoms with E-state index in [-0.39, 0.29) is 18.4 Å². The molecule has 0 radical (unpaired) electrons. The fraction of sp³-hybridized carbons (Fsp3) is 0.667. The number of carbonyl (C=O) groups is 2. The molecule has 33 heavy (non-hydrogen) atoms. The largest absolute Gasteiger partial charge is 0.336 e. The Bertz CT molecular complexity index is 1070. The summed E-state index contributed by atoms with van der Waals surface area (Å²) in [7, 11) is 1.97. The zero-order valence-corrected chi connectivity index (χ0v) is 19.9. The molecule has 1 aromatic heterocycles. The van der Waals surface area contributed by atoms with Gasteiger partial charge >= 0.3 is 0 Å². The summed E-state index contributed by atoms with van der Waals surface area (Å²) in [5, 5.41) is 0. The van der Waals surface area contributed by atoms with E-state index in [9.17, 15) is 9.59 Å². The highest BCUT2D eigenvalue weighted by atomic mass is 16.2. The molecule has 0 spiro atoms. The highest BCUT2D eigenvalue weighted by Crippen LogP contribution is 2.45. The molecule has 4 aliphatic rings. The molecule has 6 nitrogen and oxygen atoms in total. The van der Waals surface area contributed by atoms with Crippen LogP contribution in [0.25, 0.3) is 11.0 Å². The molecule has 1 saturated heterocycles. The third kappa shape index (κ3) is 3.85. The Morgan fingerprint density at radius 3 is 2.33 bits per heavy atom. The summed E-state index contributed by atoms with van der Waals surface area (Å²) in [6.07, 6.45) is 13.5. The van der Waals surface area contributed by atoms with Crippen LogP contribution in [0.15, 0.2) is 12.1 Å². The van der Waals surface area contributed by atoms with Crippen LogP contribution in [0, 0.1) is 0 Å². The first-order valence-electron chi connectivity index (χ1n) is 13.2. The van der Waals surface area contributed by atoms with Crippen LogP contribution in [-0.4, -0.2) is 56.8 Å². The van der Waals surface area contributed by atoms with E-state index >= 15 is 0 Å². The first-order valence-corrected chi connectivity index (χ1v) is 13.2. The van der Waals surface area contributed by atoms with Crippen LogP contribution in [0.4, 0.5) is 0 Å². The molecule has 0 atom stereocenters. The zero-order chi connectivity index (χ0) is 22.5. The summed E-state index contributed by atoms with van der Waals surface area (Å²) >= 11 is 0. The predicted octanol–water partition coefficient (Wildman–Crippen LogP) is 4.73. The standard InChI is InChI=1S/C27H36N4O2/c1-29-23-16-20(18-11-12-18)15-22(19-7-5-6-8-19)25(23)28-26(29)27(33)30-13-14-31(24(32)17-30)21-9-3-2-4-10-21/h15-16,18-19,21H,2-14,17H2,1H3. The molecule has 3 aliphatic carbocycles. The van der Waals surface area contributed by atoms with Crippen molar-refractivity contribution >= 4 is 22.8 Å². The van der Waals surface area contributed by atoms with Crippen LogP contribution in [0.2, 0.25) is 0 Å². The summed E-state index contributed by atoms with van der Waals surface area (Å²) in [6.45, 7) is 1.44. The van der Waals surface area contributed by atoms with Crippen molar-refractivity contribution in [2.24, 2.45) is 7.05 Å². The van der Waals surface area contributed by atoms with Crippen molar-refractivity contribution < 1.29 is 9.59 Å². The summed E-state index contributed by atoms with van der Waals surface area (Å²) in [4.78, 5) is 35.2. The zero-order valence-electron chi connectivity index (χ0n) is 19.9. The van der Waals surface area contributed by atoms with E-state index in [0.717, 1.165) is 23.9 Å². The van der Waals surface area contributed by atoms with Gasteiger partial charge in [-0.15, -0.1) is 0 Å². The lowest BCUT2D eigenvalue weighted by atomic mass is 9.93. The minimum absolute atomic E-state index is 0.0999. The average Bonchev–Trinajstić information content (AvgIpc) is 3.44. The van der Waals surface area contributed by atoms with E-state index in [1.54, 1.807) is 4.90 Å². The first kappa shape index (κ1) is 21.2. The van der Waals surface area contributed by atoms with Crippen molar-refractivity contribution in [3.63, 3.8) is 0 Å². The van der Waals surface area contributed by atoms with E-state index in [0.29, 0.717) is 36.8 Å². The van der Waals surface area contributed by atoms with Gasteiger partial charge in [-0.05, 0) is 67.6 Å². The monoisotopic (exact) mass is 448 g/mol. The van der Waals surface area contributed by atoms with Gasteiger partial charge in [-0.3, -0.25) is 9.59 Å². The van der Waals surface area contributed by atoms with E-state index in [2.05, 4.69) is 12.1 Å². The highest BCUT2D eigenvalue weighted by Gasteiger charge is 2.35. The number of benzene rings is 1. The number of rotatable bonds is 4. The van der Waals surface area contributed by atoms with Crippen molar-refractivity contribution in [3.05, 3.63) is 29.1 Å². The van der Waals surface area contributed by atoms with Crippen molar-refractivity contribution in [2.75, 3.05) is 19.6 Å². The van der Waals surface area contributed by atoms with Crippen LogP contribution < -0.4 is 0 Å². The van der Waals surface area contributed by atoms with Gasteiger partial charge in [-0.1, -0.05) is 38.2 Å². The average molecular weight is 449 g/mol. The number of nitrogens with zero attached hydrogens (tertiary/aromatic N) is 4. The molecule has 4 fully saturated rings. The smallest absolute Gasteiger partial charge is 0.290 e. The molecule has 2 aromatic rings. The van der Waals surface area contributed by atoms with Gasteiger partial charge in [0.15, 0.2) is 5.82 Å². The maximum Gasteiger partial charge on any atom is 0.290 e. The number of aromatic nitrogens is 2. The molecule has 1 aliphatic heterocycles. The van der Waals surface area contributed by atoms with Gasteiger partial charge in [0.2, 0.25) is 5.91 Å². The number of imidazole rings is 1. The summed E-state index contributed by atoms with van der Waals surface area (Å²) in [5.41, 5.74) is 4.85. The normalized spacial score (nSPS) is 23.1. The second-order valence-electron chi connectivity index (χ2n) is 10.8. The van der Waals surface area contributed by atoms with Crippen LogP contribution in [-0.2, 0) is 11.8 Å². The molecule has 3 saturated carbocycles. The number of hydrogen-bond acceptors (Lipinski definition) is 3. The van der Waals surface area contributed by atoms with Crippen LogP contribution >= 0.6 is 0 Å². The van der Waals surface area contributed by atoms with Gasteiger partial charge in [-0.25, -0.2) is 4.98 Å². The molecule has 176 valence electrons. The minimum Gasteiger partial charge on any atom is -0.336 e. The number of fused-ring (bicyclic) bond motifs is 1. The molecule has 6 heteroatoms. The van der Waals surface area contributed by atoms with E-state index < -0.39 is 0 Å². The minimum atomic E-state index is -0.101. The Kier molecular flexibility index (Phi) is 5.42. The van der Waals surface area contributed by atoms with Gasteiger partial charge in [0.05, 0.1) is 11.0 Å². The summed E-state index contributed by atoms with van der Waals surface area (Å²) in [6, 6.07) is 5.03. The lowest BCUT2D eigenvalue weighted by Gasteiger charge is -2.40. The Labute approximate surface area is 196 Å². The molecule has 6 rings (SSSR count). The lowest BCUT2D eigenvalue weighted by molar-refractivity contribution is -0.138. The molecule has 1 aromatic carbocycles. The van der Waals surface area contributed by atoms with Crippen LogP contribution in [0.3, 0.4) is 0 Å². The predicted molar refractivity (Wildman–Crippen MR) is 128 cm³/mol. The van der Waals surface area contributed by atoms with Crippen molar-refractivity contribution in [1.82, 2.24) is 19.4 Å². The van der Waals surface area contributed by atoms with Gasteiger partial charge < -0.3 is 14.4 Å². The van der Waals surface area contributed by atoms with E-state index in [1.165, 1.54) is 68.9 Å². The van der Waals surface area contributed by atoms with Crippen LogP contribution in [0.5, 0.6) is 0 Å². The number of carbonyl (C=O) groups excluding carboxylic acids is 2. The Morgan fingerprint density at radius 2 is 1.64 bits per heavy atom. The van der Waals surface area contributed by atoms with Crippen LogP contribution in [0.1, 0.15) is 104 Å². The first-order chi connectivity index (χ1) is 16.1. The Morgan fingerprint density at radius 1 is 0.909 bits per heavy atom. The van der Waals surface area contributed by atoms with Gasteiger partial charge in [0.1, 0.15) is 6.54 Å². The maximum absolute atomic E-state index is 13.6. The van der Waals surface area contributed by atoms with Crippen molar-refractivity contribution in [2.45, 2.75) is 88.5 Å². The number of hydrogen-bond donors (Lipinski definition) is 0. The summed E-state index contributed by atoms with van der Waals surface area (Å²) in [5.74, 6) is 1.72. The highest BCUT2D eigenvalue weighted by molar-refractivity contribution is 5.98. The maximum atomic E-state index is 13.6. The fourth-order valence-corrected chi connectivity index (χ4v) is 6.51. The number of amides is 2. The number of piperazine rings is 1. The van der Waals surface area contributed by atoms with Crippen molar-refractivity contribution in [3.8, 4) is 0 Å². The lowest BCUT2D eigenvalue weighted by Crippen LogP contribution is -2.56. The Balaban J connectivity index is 1.28. The SMILES string of the molecule is Cn1c(C(=O)N2CCN(C3CCCCC3)C(=O)C2)nc2c(C3CCCC3)cc(C3CC3)cc21. The third-order valence-corrected chi connectivity index (χ3v) is 8.63. The second-order valence-corrected chi connectivity index (χ2v) is 10.8. The van der Waals surface area contributed by atoms with Gasteiger partial charge in [0.25, 0.3) is 5.91 Å². The van der Waals surface area contributed by atoms with Crippen molar-refractivity contribution in [1.29, 1.82) is 0 Å². The van der Waals surface area contributed by atoms with Gasteiger partial charge in [-0.2, -0.15) is 0 Å². The molecule has 0 unspecified atom stereocenters. The van der Waals surface area contributed by atoms with E-state index in [1.807, 2.05) is 16.5 Å². The van der Waals surface area contributed by atoms with Gasteiger partial charge in [0, 0.05) is 26.2 Å². The molecule has 0 N–H and O–H groups in total. The molecule has 2 amide bonds. The summed E-state index contributed by atoms with van der Waals surface area (Å²) < 4.78 is 1.99. The second kappa shape index (κ2) is 8.44. The molecular formula is C27H36N4O2. The fourth-order valence-electron chi connectivity index (χ4n) is 6.51.